The summed E-state index contributed by atoms with van der Waals surface area (Å²) in [4.78, 5) is 15.8. The van der Waals surface area contributed by atoms with E-state index >= 15 is 0 Å². The van der Waals surface area contributed by atoms with Crippen molar-refractivity contribution in [3.63, 3.8) is 0 Å². The Hall–Kier alpha value is -1.43. The number of halogens is 2. The Morgan fingerprint density at radius 1 is 1.32 bits per heavy atom. The average Bonchev–Trinajstić information content (AvgIpc) is 3.00. The number of para-hydroxylation sites is 1. The van der Waals surface area contributed by atoms with Crippen LogP contribution in [0.2, 0.25) is 4.34 Å². The minimum Gasteiger partial charge on any atom is -0.324 e. The van der Waals surface area contributed by atoms with Crippen molar-refractivity contribution in [3.05, 3.63) is 51.4 Å². The summed E-state index contributed by atoms with van der Waals surface area (Å²) < 4.78 is 14.4. The van der Waals surface area contributed by atoms with E-state index in [1.54, 1.807) is 29.5 Å². The molecule has 1 amide bonds. The highest BCUT2D eigenvalue weighted by molar-refractivity contribution is 7.16. The number of hydrogen-bond donors (Lipinski definition) is 1. The molecule has 1 saturated heterocycles. The van der Waals surface area contributed by atoms with E-state index in [4.69, 9.17) is 11.6 Å². The van der Waals surface area contributed by atoms with Crippen LogP contribution < -0.4 is 5.32 Å². The van der Waals surface area contributed by atoms with E-state index in [1.807, 2.05) is 6.07 Å². The minimum atomic E-state index is -0.394. The molecule has 1 aromatic carbocycles. The summed E-state index contributed by atoms with van der Waals surface area (Å²) in [5, 5.41) is 2.66. The largest absolute Gasteiger partial charge is 0.324 e. The Kier molecular flexibility index (Phi) is 6.45. The third kappa shape index (κ3) is 5.53. The zero-order chi connectivity index (χ0) is 17.6. The minimum absolute atomic E-state index is 0.118. The van der Waals surface area contributed by atoms with Crippen molar-refractivity contribution < 1.29 is 9.18 Å². The van der Waals surface area contributed by atoms with Gasteiger partial charge in [0.1, 0.15) is 5.82 Å². The summed E-state index contributed by atoms with van der Waals surface area (Å²) in [5.41, 5.74) is 0.257. The Morgan fingerprint density at radius 3 is 2.92 bits per heavy atom. The van der Waals surface area contributed by atoms with E-state index in [1.165, 1.54) is 10.9 Å². The summed E-state index contributed by atoms with van der Waals surface area (Å²) in [6.45, 7) is 3.02. The molecule has 6 heteroatoms. The normalized spacial score (nSPS) is 18.2. The molecule has 1 aromatic heterocycles. The Balaban J connectivity index is 1.44. The standard InChI is InChI=1S/C19H22ClFN2OS/c20-18-9-8-15(25-18)13-23-11-3-4-14(12-23)7-10-19(24)22-17-6-2-1-5-16(17)21/h1-2,5-6,8-9,14H,3-4,7,10-13H2,(H,22,24). The first kappa shape index (κ1) is 18.4. The second-order valence-electron chi connectivity index (χ2n) is 6.52. The molecule has 25 heavy (non-hydrogen) atoms. The Bertz CT molecular complexity index is 721. The highest BCUT2D eigenvalue weighted by Crippen LogP contribution is 2.26. The summed E-state index contributed by atoms with van der Waals surface area (Å²) >= 11 is 7.63. The van der Waals surface area contributed by atoms with Crippen molar-refractivity contribution >= 4 is 34.5 Å². The van der Waals surface area contributed by atoms with Gasteiger partial charge in [0.05, 0.1) is 10.0 Å². The molecule has 1 aliphatic rings. The number of rotatable bonds is 6. The van der Waals surface area contributed by atoms with E-state index in [-0.39, 0.29) is 11.6 Å². The monoisotopic (exact) mass is 380 g/mol. The molecule has 0 aliphatic carbocycles. The second kappa shape index (κ2) is 8.79. The van der Waals surface area contributed by atoms with Gasteiger partial charge >= 0.3 is 0 Å². The number of benzene rings is 1. The van der Waals surface area contributed by atoms with E-state index in [2.05, 4.69) is 16.3 Å². The maximum Gasteiger partial charge on any atom is 0.224 e. The topological polar surface area (TPSA) is 32.3 Å². The zero-order valence-corrected chi connectivity index (χ0v) is 15.6. The third-order valence-electron chi connectivity index (χ3n) is 4.54. The first-order valence-corrected chi connectivity index (χ1v) is 9.80. The number of nitrogens with zero attached hydrogens (tertiary/aromatic N) is 1. The second-order valence-corrected chi connectivity index (χ2v) is 8.32. The quantitative estimate of drug-likeness (QED) is 0.749. The van der Waals surface area contributed by atoms with Crippen molar-refractivity contribution in [3.8, 4) is 0 Å². The number of likely N-dealkylation sites (tertiary alicyclic amines) is 1. The van der Waals surface area contributed by atoms with Gasteiger partial charge in [-0.3, -0.25) is 9.69 Å². The number of hydrogen-bond acceptors (Lipinski definition) is 3. The molecule has 0 bridgehead atoms. The zero-order valence-electron chi connectivity index (χ0n) is 14.0. The fourth-order valence-corrected chi connectivity index (χ4v) is 4.43. The molecule has 2 heterocycles. The van der Waals surface area contributed by atoms with Crippen molar-refractivity contribution in [2.75, 3.05) is 18.4 Å². The van der Waals surface area contributed by atoms with Crippen LogP contribution in [0.3, 0.4) is 0 Å². The van der Waals surface area contributed by atoms with Crippen molar-refractivity contribution in [2.45, 2.75) is 32.2 Å². The molecule has 1 aliphatic heterocycles. The number of amides is 1. The number of carbonyl (C=O) groups excluding carboxylic acids is 1. The van der Waals surface area contributed by atoms with Gasteiger partial charge in [-0.15, -0.1) is 11.3 Å². The lowest BCUT2D eigenvalue weighted by molar-refractivity contribution is -0.116. The highest BCUT2D eigenvalue weighted by Gasteiger charge is 2.21. The first-order chi connectivity index (χ1) is 12.1. The summed E-state index contributed by atoms with van der Waals surface area (Å²) in [6.07, 6.45) is 3.56. The molecule has 134 valence electrons. The van der Waals surface area contributed by atoms with Crippen LogP contribution in [0.1, 0.15) is 30.6 Å². The third-order valence-corrected chi connectivity index (χ3v) is 5.75. The van der Waals surface area contributed by atoms with Crippen LogP contribution in [0.4, 0.5) is 10.1 Å². The predicted octanol–water partition coefficient (Wildman–Crippen LogP) is 5.17. The number of anilines is 1. The molecule has 0 saturated carbocycles. The molecule has 1 atom stereocenters. The van der Waals surface area contributed by atoms with Gasteiger partial charge in [0.2, 0.25) is 5.91 Å². The number of nitrogens with one attached hydrogen (secondary N) is 1. The van der Waals surface area contributed by atoms with Gasteiger partial charge in [-0.1, -0.05) is 23.7 Å². The molecule has 0 spiro atoms. The Morgan fingerprint density at radius 2 is 2.16 bits per heavy atom. The van der Waals surface area contributed by atoms with Crippen LogP contribution in [-0.4, -0.2) is 23.9 Å². The average molecular weight is 381 g/mol. The SMILES string of the molecule is O=C(CCC1CCCN(Cc2ccc(Cl)s2)C1)Nc1ccccc1F. The molecule has 3 rings (SSSR count). The lowest BCUT2D eigenvalue weighted by Gasteiger charge is -2.32. The van der Waals surface area contributed by atoms with Gasteiger partial charge in [-0.25, -0.2) is 4.39 Å². The lowest BCUT2D eigenvalue weighted by atomic mass is 9.93. The fraction of sp³-hybridized carbons (Fsp3) is 0.421. The molecule has 0 radical (unpaired) electrons. The number of carbonyl (C=O) groups is 1. The molecular weight excluding hydrogens is 359 g/mol. The summed E-state index contributed by atoms with van der Waals surface area (Å²) in [6, 6.07) is 10.3. The maximum atomic E-state index is 13.6. The van der Waals surface area contributed by atoms with Crippen LogP contribution in [0.15, 0.2) is 36.4 Å². The number of piperidine rings is 1. The van der Waals surface area contributed by atoms with Gasteiger partial charge < -0.3 is 5.32 Å². The van der Waals surface area contributed by atoms with Gasteiger partial charge in [0, 0.05) is 24.4 Å². The summed E-state index contributed by atoms with van der Waals surface area (Å²) in [7, 11) is 0. The van der Waals surface area contributed by atoms with Crippen LogP contribution in [0, 0.1) is 11.7 Å². The van der Waals surface area contributed by atoms with Gasteiger partial charge in [0.25, 0.3) is 0 Å². The van der Waals surface area contributed by atoms with E-state index < -0.39 is 5.82 Å². The molecular formula is C19H22ClFN2OS. The molecule has 2 aromatic rings. The van der Waals surface area contributed by atoms with Crippen molar-refractivity contribution in [1.29, 1.82) is 0 Å². The van der Waals surface area contributed by atoms with Gasteiger partial charge in [-0.05, 0) is 56.0 Å². The van der Waals surface area contributed by atoms with Crippen LogP contribution in [0.25, 0.3) is 0 Å². The summed E-state index contributed by atoms with van der Waals surface area (Å²) in [5.74, 6) is -0.00267. The highest BCUT2D eigenvalue weighted by atomic mass is 35.5. The molecule has 1 N–H and O–H groups in total. The van der Waals surface area contributed by atoms with Gasteiger partial charge in [0.15, 0.2) is 0 Å². The fourth-order valence-electron chi connectivity index (χ4n) is 3.30. The molecule has 1 fully saturated rings. The van der Waals surface area contributed by atoms with E-state index in [0.29, 0.717) is 12.3 Å². The Labute approximate surface area is 156 Å². The molecule has 3 nitrogen and oxygen atoms in total. The van der Waals surface area contributed by atoms with Crippen molar-refractivity contribution in [1.82, 2.24) is 4.90 Å². The van der Waals surface area contributed by atoms with Crippen LogP contribution in [0.5, 0.6) is 0 Å². The molecule has 1 unspecified atom stereocenters. The van der Waals surface area contributed by atoms with Crippen LogP contribution >= 0.6 is 22.9 Å². The predicted molar refractivity (Wildman–Crippen MR) is 102 cm³/mol. The van der Waals surface area contributed by atoms with E-state index in [0.717, 1.165) is 43.2 Å². The smallest absolute Gasteiger partial charge is 0.224 e. The van der Waals surface area contributed by atoms with E-state index in [9.17, 15) is 9.18 Å². The first-order valence-electron chi connectivity index (χ1n) is 8.61. The number of thiophene rings is 1. The van der Waals surface area contributed by atoms with Crippen LogP contribution in [-0.2, 0) is 11.3 Å². The van der Waals surface area contributed by atoms with Crippen molar-refractivity contribution in [2.24, 2.45) is 5.92 Å². The maximum absolute atomic E-state index is 13.6. The van der Waals surface area contributed by atoms with Gasteiger partial charge in [-0.2, -0.15) is 0 Å². The lowest BCUT2D eigenvalue weighted by Crippen LogP contribution is -2.35.